The van der Waals surface area contributed by atoms with E-state index >= 15 is 0 Å². The molecule has 2 nitrogen and oxygen atoms in total. The van der Waals surface area contributed by atoms with Crippen LogP contribution < -0.4 is 5.73 Å². The van der Waals surface area contributed by atoms with Crippen molar-refractivity contribution >= 4 is 5.91 Å². The molecule has 12 heavy (non-hydrogen) atoms. The number of primary amides is 1. The van der Waals surface area contributed by atoms with Gasteiger partial charge in [-0.3, -0.25) is 4.79 Å². The molecule has 0 radical (unpaired) electrons. The summed E-state index contributed by atoms with van der Waals surface area (Å²) in [5.41, 5.74) is 5.80. The minimum absolute atomic E-state index is 0.0335. The predicted octanol–water partition coefficient (Wildman–Crippen LogP) is 1.30. The molecule has 1 atom stereocenters. The molecule has 66 valence electrons. The van der Waals surface area contributed by atoms with Crippen molar-refractivity contribution in [1.29, 1.82) is 0 Å². The topological polar surface area (TPSA) is 43.1 Å². The Kier molecular flexibility index (Phi) is 1.07. The van der Waals surface area contributed by atoms with E-state index in [0.717, 1.165) is 18.3 Å². The third-order valence-electron chi connectivity index (χ3n) is 4.06. The highest BCUT2D eigenvalue weighted by atomic mass is 16.1. The van der Waals surface area contributed by atoms with Gasteiger partial charge in [0.25, 0.3) is 0 Å². The lowest BCUT2D eigenvalue weighted by atomic mass is 9.91. The number of nitrogens with two attached hydrogens (primary N) is 1. The maximum atomic E-state index is 11.1. The molecule has 3 saturated carbocycles. The molecule has 3 fully saturated rings. The summed E-state index contributed by atoms with van der Waals surface area (Å²) in [6.45, 7) is 0. The van der Waals surface area contributed by atoms with Crippen molar-refractivity contribution in [3.8, 4) is 0 Å². The molecule has 0 aromatic heterocycles. The summed E-state index contributed by atoms with van der Waals surface area (Å²) in [4.78, 5) is 11.1. The SMILES string of the molecule is NC(=O)C1CC1(C1CC1)C1CC1. The van der Waals surface area contributed by atoms with Gasteiger partial charge in [0.1, 0.15) is 0 Å². The normalized spacial score (nSPS) is 37.8. The Morgan fingerprint density at radius 3 is 1.92 bits per heavy atom. The third kappa shape index (κ3) is 0.732. The molecule has 0 aliphatic heterocycles. The highest BCUT2D eigenvalue weighted by Gasteiger charge is 2.69. The molecule has 2 N–H and O–H groups in total. The molecule has 3 aliphatic rings. The highest BCUT2D eigenvalue weighted by molar-refractivity contribution is 5.81. The van der Waals surface area contributed by atoms with Crippen LogP contribution in [-0.4, -0.2) is 5.91 Å². The zero-order chi connectivity index (χ0) is 8.34. The Balaban J connectivity index is 1.82. The molecule has 0 bridgehead atoms. The van der Waals surface area contributed by atoms with Gasteiger partial charge in [0.15, 0.2) is 0 Å². The molecule has 0 saturated heterocycles. The highest BCUT2D eigenvalue weighted by Crippen LogP contribution is 2.74. The Labute approximate surface area is 72.5 Å². The van der Waals surface area contributed by atoms with Gasteiger partial charge in [-0.25, -0.2) is 0 Å². The average molecular weight is 165 g/mol. The molecule has 0 aromatic rings. The maximum absolute atomic E-state index is 11.1. The van der Waals surface area contributed by atoms with Crippen molar-refractivity contribution in [2.75, 3.05) is 0 Å². The van der Waals surface area contributed by atoms with E-state index in [1.165, 1.54) is 25.7 Å². The summed E-state index contributed by atoms with van der Waals surface area (Å²) in [5.74, 6) is 1.98. The largest absolute Gasteiger partial charge is 0.369 e. The van der Waals surface area contributed by atoms with Gasteiger partial charge in [-0.2, -0.15) is 0 Å². The Hall–Kier alpha value is -0.530. The quantitative estimate of drug-likeness (QED) is 0.673. The molecular formula is C10H15NO. The second kappa shape index (κ2) is 1.86. The lowest BCUT2D eigenvalue weighted by molar-refractivity contribution is -0.120. The Bertz CT molecular complexity index is 228. The van der Waals surface area contributed by atoms with E-state index in [0.29, 0.717) is 5.41 Å². The summed E-state index contributed by atoms with van der Waals surface area (Å²) < 4.78 is 0. The van der Waals surface area contributed by atoms with E-state index in [2.05, 4.69) is 0 Å². The van der Waals surface area contributed by atoms with Crippen LogP contribution in [-0.2, 0) is 4.79 Å². The summed E-state index contributed by atoms with van der Waals surface area (Å²) in [7, 11) is 0. The molecule has 2 heteroatoms. The summed E-state index contributed by atoms with van der Waals surface area (Å²) in [5, 5.41) is 0. The number of carbonyl (C=O) groups is 1. The first kappa shape index (κ1) is 6.93. The predicted molar refractivity (Wildman–Crippen MR) is 45.2 cm³/mol. The van der Waals surface area contributed by atoms with Gasteiger partial charge in [-0.05, 0) is 49.4 Å². The minimum atomic E-state index is -0.0335. The van der Waals surface area contributed by atoms with Crippen molar-refractivity contribution < 1.29 is 4.79 Å². The molecule has 1 amide bonds. The zero-order valence-electron chi connectivity index (χ0n) is 7.25. The third-order valence-corrected chi connectivity index (χ3v) is 4.06. The summed E-state index contributed by atoms with van der Waals surface area (Å²) >= 11 is 0. The molecule has 0 heterocycles. The van der Waals surface area contributed by atoms with Crippen molar-refractivity contribution in [2.24, 2.45) is 28.9 Å². The van der Waals surface area contributed by atoms with Crippen LogP contribution in [0.3, 0.4) is 0 Å². The fourth-order valence-corrected chi connectivity index (χ4v) is 3.14. The Morgan fingerprint density at radius 1 is 1.17 bits per heavy atom. The number of hydrogen-bond donors (Lipinski definition) is 1. The first-order chi connectivity index (χ1) is 5.75. The van der Waals surface area contributed by atoms with Gasteiger partial charge >= 0.3 is 0 Å². The fourth-order valence-electron chi connectivity index (χ4n) is 3.14. The van der Waals surface area contributed by atoms with E-state index in [-0.39, 0.29) is 11.8 Å². The summed E-state index contributed by atoms with van der Waals surface area (Å²) in [6, 6.07) is 0. The van der Waals surface area contributed by atoms with Crippen LogP contribution in [0.15, 0.2) is 0 Å². The van der Waals surface area contributed by atoms with E-state index in [1.54, 1.807) is 0 Å². The van der Waals surface area contributed by atoms with Crippen LogP contribution in [0, 0.1) is 23.2 Å². The van der Waals surface area contributed by atoms with Gasteiger partial charge in [0.2, 0.25) is 5.91 Å². The van der Waals surface area contributed by atoms with E-state index < -0.39 is 0 Å². The molecule has 3 aliphatic carbocycles. The van der Waals surface area contributed by atoms with E-state index in [1.807, 2.05) is 0 Å². The zero-order valence-corrected chi connectivity index (χ0v) is 7.25. The van der Waals surface area contributed by atoms with Crippen LogP contribution in [0.2, 0.25) is 0 Å². The minimum Gasteiger partial charge on any atom is -0.369 e. The Morgan fingerprint density at radius 2 is 1.67 bits per heavy atom. The number of rotatable bonds is 3. The molecule has 0 aromatic carbocycles. The van der Waals surface area contributed by atoms with Gasteiger partial charge < -0.3 is 5.73 Å². The molecule has 0 spiro atoms. The molecular weight excluding hydrogens is 150 g/mol. The maximum Gasteiger partial charge on any atom is 0.221 e. The molecule has 3 rings (SSSR count). The fraction of sp³-hybridized carbons (Fsp3) is 0.900. The second-order valence-corrected chi connectivity index (χ2v) is 4.82. The van der Waals surface area contributed by atoms with Crippen LogP contribution in [0.5, 0.6) is 0 Å². The second-order valence-electron chi connectivity index (χ2n) is 4.82. The van der Waals surface area contributed by atoms with Crippen LogP contribution in [0.1, 0.15) is 32.1 Å². The number of hydrogen-bond acceptors (Lipinski definition) is 1. The number of amides is 1. The molecule has 1 unspecified atom stereocenters. The monoisotopic (exact) mass is 165 g/mol. The lowest BCUT2D eigenvalue weighted by Gasteiger charge is -2.13. The van der Waals surface area contributed by atoms with Crippen molar-refractivity contribution in [1.82, 2.24) is 0 Å². The number of carbonyl (C=O) groups excluding carboxylic acids is 1. The first-order valence-corrected chi connectivity index (χ1v) is 5.04. The van der Waals surface area contributed by atoms with Crippen LogP contribution in [0.25, 0.3) is 0 Å². The van der Waals surface area contributed by atoms with Crippen molar-refractivity contribution in [3.63, 3.8) is 0 Å². The van der Waals surface area contributed by atoms with Crippen LogP contribution >= 0.6 is 0 Å². The van der Waals surface area contributed by atoms with Gasteiger partial charge in [0.05, 0.1) is 0 Å². The summed E-state index contributed by atoms with van der Waals surface area (Å²) in [6.07, 6.45) is 6.57. The van der Waals surface area contributed by atoms with E-state index in [9.17, 15) is 4.79 Å². The van der Waals surface area contributed by atoms with Crippen LogP contribution in [0.4, 0.5) is 0 Å². The standard InChI is InChI=1S/C10H15NO/c11-9(12)8-5-10(8,6-1-2-6)7-3-4-7/h6-8H,1-5H2,(H2,11,12). The van der Waals surface area contributed by atoms with Gasteiger partial charge in [0, 0.05) is 5.92 Å². The lowest BCUT2D eigenvalue weighted by Crippen LogP contribution is -2.21. The first-order valence-electron chi connectivity index (χ1n) is 5.04. The average Bonchev–Trinajstić information content (AvgIpc) is 2.86. The van der Waals surface area contributed by atoms with Crippen molar-refractivity contribution in [3.05, 3.63) is 0 Å². The smallest absolute Gasteiger partial charge is 0.221 e. The van der Waals surface area contributed by atoms with Gasteiger partial charge in [-0.1, -0.05) is 0 Å². The van der Waals surface area contributed by atoms with Gasteiger partial charge in [-0.15, -0.1) is 0 Å². The van der Waals surface area contributed by atoms with Crippen molar-refractivity contribution in [2.45, 2.75) is 32.1 Å². The van der Waals surface area contributed by atoms with E-state index in [4.69, 9.17) is 5.73 Å².